The summed E-state index contributed by atoms with van der Waals surface area (Å²) in [7, 11) is 0. The third-order valence-electron chi connectivity index (χ3n) is 12.1. The minimum atomic E-state index is -1.39. The van der Waals surface area contributed by atoms with Crippen LogP contribution in [0.4, 0.5) is 4.79 Å². The van der Waals surface area contributed by atoms with Gasteiger partial charge in [-0.05, 0) is 186 Å². The molecule has 2 aromatic carbocycles. The van der Waals surface area contributed by atoms with Crippen LogP contribution in [0.3, 0.4) is 0 Å². The summed E-state index contributed by atoms with van der Waals surface area (Å²) in [6.45, 7) is 29.8. The lowest BCUT2D eigenvalue weighted by Gasteiger charge is -2.27. The van der Waals surface area contributed by atoms with Crippen molar-refractivity contribution in [1.29, 1.82) is 0 Å². The van der Waals surface area contributed by atoms with Crippen LogP contribution in [0.1, 0.15) is 194 Å². The maximum Gasteiger partial charge on any atom is 0.329 e. The Kier molecular flexibility index (Phi) is 31.1. The van der Waals surface area contributed by atoms with Gasteiger partial charge in [-0.1, -0.05) is 42.5 Å². The molecule has 6 atom stereocenters. The molecule has 0 saturated carbocycles. The number of benzene rings is 2. The standard InChI is InChI=1S/C66H103N7O18/c1-61(2,3)86-51(75)34-31-44(67)54(78)70-45(32-35-52(76)87-62(4,5)6)56(80)71-49(59(83)91-66(16,17)18)39-42-27-29-43(30-28-42)85-40-50(74)69-48(38-41-24-20-19-21-25-41)55(79)68-37-23-22-26-46(57(81)89-64(10,11)12)72-60(84)73-47(58(82)90-65(13,14)15)33-36-53(77)88-63(7,8)9/h19-21,24-25,27-30,44-49H,22-23,26,31-40,67H2,1-18H3,(H,68,79)(H,69,74)(H,70,78)(H,71,80)(H2,72,73,84)/t44-,45-,46-,47-,48-,49-/m0/s1. The summed E-state index contributed by atoms with van der Waals surface area (Å²) in [5.74, 6) is -6.66. The molecule has 0 fully saturated rings. The molecule has 0 aliphatic rings. The number of nitrogens with two attached hydrogens (primary N) is 1. The number of carbonyl (C=O) groups is 11. The number of nitrogens with one attached hydrogen (secondary N) is 6. The van der Waals surface area contributed by atoms with Gasteiger partial charge in [-0.15, -0.1) is 0 Å². The molecule has 0 spiro atoms. The topological polar surface area (TPSA) is 351 Å². The van der Waals surface area contributed by atoms with Gasteiger partial charge < -0.3 is 70.8 Å². The van der Waals surface area contributed by atoms with Gasteiger partial charge >= 0.3 is 41.8 Å². The Hall–Kier alpha value is -7.83. The van der Waals surface area contributed by atoms with Gasteiger partial charge in [0.25, 0.3) is 5.91 Å². The number of urea groups is 1. The highest BCUT2D eigenvalue weighted by Crippen LogP contribution is 2.20. The van der Waals surface area contributed by atoms with Crippen molar-refractivity contribution in [1.82, 2.24) is 31.9 Å². The first-order chi connectivity index (χ1) is 41.7. The lowest BCUT2D eigenvalue weighted by Crippen LogP contribution is -2.55. The second-order valence-corrected chi connectivity index (χ2v) is 28.2. The Morgan fingerprint density at radius 2 is 0.791 bits per heavy atom. The molecule has 2 rings (SSSR count). The van der Waals surface area contributed by atoms with Crippen LogP contribution in [0.15, 0.2) is 54.6 Å². The van der Waals surface area contributed by atoms with E-state index in [0.29, 0.717) is 18.4 Å². The third kappa shape index (κ3) is 36.6. The molecule has 25 nitrogen and oxygen atoms in total. The average molecular weight is 1280 g/mol. The number of carbonyl (C=O) groups excluding carboxylic acids is 11. The fourth-order valence-electron chi connectivity index (χ4n) is 8.30. The molecule has 0 bridgehead atoms. The smallest absolute Gasteiger partial charge is 0.329 e. The molecule has 510 valence electrons. The van der Waals surface area contributed by atoms with Crippen LogP contribution in [0, 0.1) is 0 Å². The van der Waals surface area contributed by atoms with Gasteiger partial charge in [0.15, 0.2) is 6.61 Å². The Morgan fingerprint density at radius 1 is 0.396 bits per heavy atom. The number of ether oxygens (including phenoxy) is 7. The lowest BCUT2D eigenvalue weighted by molar-refractivity contribution is -0.160. The van der Waals surface area contributed by atoms with Crippen LogP contribution in [-0.4, -0.2) is 148 Å². The van der Waals surface area contributed by atoms with Gasteiger partial charge in [0.2, 0.25) is 17.7 Å². The summed E-state index contributed by atoms with van der Waals surface area (Å²) in [5, 5.41) is 16.0. The van der Waals surface area contributed by atoms with Crippen LogP contribution in [0.25, 0.3) is 0 Å². The van der Waals surface area contributed by atoms with E-state index < -0.39 is 142 Å². The number of rotatable bonds is 32. The van der Waals surface area contributed by atoms with Crippen LogP contribution in [-0.2, 0) is 89.2 Å². The zero-order chi connectivity index (χ0) is 69.3. The van der Waals surface area contributed by atoms with Gasteiger partial charge in [-0.2, -0.15) is 0 Å². The van der Waals surface area contributed by atoms with E-state index in [4.69, 9.17) is 38.9 Å². The highest BCUT2D eigenvalue weighted by atomic mass is 16.6. The highest BCUT2D eigenvalue weighted by molar-refractivity contribution is 5.93. The second kappa shape index (κ2) is 35.7. The van der Waals surface area contributed by atoms with Gasteiger partial charge in [-0.3, -0.25) is 33.6 Å². The Morgan fingerprint density at radius 3 is 1.25 bits per heavy atom. The zero-order valence-corrected chi connectivity index (χ0v) is 56.8. The molecule has 0 aliphatic carbocycles. The van der Waals surface area contributed by atoms with E-state index in [0.717, 1.165) is 5.56 Å². The van der Waals surface area contributed by atoms with Crippen molar-refractivity contribution in [2.24, 2.45) is 5.73 Å². The number of hydrogen-bond donors (Lipinski definition) is 7. The Balaban J connectivity index is 2.22. The predicted molar refractivity (Wildman–Crippen MR) is 338 cm³/mol. The summed E-state index contributed by atoms with van der Waals surface area (Å²) >= 11 is 0. The van der Waals surface area contributed by atoms with E-state index in [1.54, 1.807) is 173 Å². The molecular formula is C66H103N7O18. The van der Waals surface area contributed by atoms with Crippen molar-refractivity contribution >= 4 is 65.5 Å². The van der Waals surface area contributed by atoms with E-state index >= 15 is 0 Å². The lowest BCUT2D eigenvalue weighted by atomic mass is 10.0. The van der Waals surface area contributed by atoms with E-state index in [9.17, 15) is 52.7 Å². The number of amides is 6. The van der Waals surface area contributed by atoms with E-state index in [1.165, 1.54) is 0 Å². The van der Waals surface area contributed by atoms with Gasteiger partial charge in [0.05, 0.1) is 6.04 Å². The fourth-order valence-corrected chi connectivity index (χ4v) is 8.30. The van der Waals surface area contributed by atoms with Crippen molar-refractivity contribution < 1.29 is 85.9 Å². The summed E-state index contributed by atoms with van der Waals surface area (Å²) < 4.78 is 38.7. The number of hydrogen-bond acceptors (Lipinski definition) is 19. The molecule has 6 amide bonds. The van der Waals surface area contributed by atoms with Gasteiger partial charge in [0, 0.05) is 38.6 Å². The molecule has 0 heterocycles. The number of esters is 6. The summed E-state index contributed by atoms with van der Waals surface area (Å²) in [6.07, 6.45) is -0.504. The molecular weight excluding hydrogens is 1180 g/mol. The minimum absolute atomic E-state index is 0.0640. The molecule has 8 N–H and O–H groups in total. The third-order valence-corrected chi connectivity index (χ3v) is 12.1. The molecule has 91 heavy (non-hydrogen) atoms. The van der Waals surface area contributed by atoms with E-state index in [1.807, 2.05) is 6.07 Å². The molecule has 2 aromatic rings. The van der Waals surface area contributed by atoms with Crippen LogP contribution in [0.5, 0.6) is 5.75 Å². The van der Waals surface area contributed by atoms with Crippen molar-refractivity contribution in [2.45, 2.75) is 265 Å². The van der Waals surface area contributed by atoms with Crippen molar-refractivity contribution in [2.75, 3.05) is 13.2 Å². The maximum atomic E-state index is 14.1. The summed E-state index contributed by atoms with van der Waals surface area (Å²) in [5.41, 5.74) is 2.22. The molecule has 0 unspecified atom stereocenters. The number of unbranched alkanes of at least 4 members (excludes halogenated alkanes) is 1. The first-order valence-electron chi connectivity index (χ1n) is 30.9. The zero-order valence-electron chi connectivity index (χ0n) is 56.8. The molecule has 0 saturated heterocycles. The first-order valence-corrected chi connectivity index (χ1v) is 30.9. The fraction of sp³-hybridized carbons (Fsp3) is 0.652. The SMILES string of the molecule is CC(C)(C)OC(=O)CC[C@H](NC(=O)[C@@H](N)CCC(=O)OC(C)(C)C)C(=O)N[C@@H](Cc1ccc(OCC(=O)N[C@@H](Cc2ccccc2)C(=O)NCCCC[C@H](NC(=O)N[C@@H](CCC(=O)OC(C)(C)C)C(=O)OC(C)(C)C)C(=O)OC(C)(C)C)cc1)C(=O)OC(C)(C)C. The minimum Gasteiger partial charge on any atom is -0.484 e. The second-order valence-electron chi connectivity index (χ2n) is 28.2. The van der Waals surface area contributed by atoms with Crippen molar-refractivity contribution in [3.05, 3.63) is 65.7 Å². The largest absolute Gasteiger partial charge is 0.484 e. The molecule has 0 aliphatic heterocycles. The molecule has 0 radical (unpaired) electrons. The van der Waals surface area contributed by atoms with Gasteiger partial charge in [-0.25, -0.2) is 19.2 Å². The molecule has 0 aromatic heterocycles. The van der Waals surface area contributed by atoms with E-state index in [2.05, 4.69) is 31.9 Å². The first kappa shape index (κ1) is 79.3. The summed E-state index contributed by atoms with van der Waals surface area (Å²) in [4.78, 5) is 146. The monoisotopic (exact) mass is 1280 g/mol. The Bertz CT molecular complexity index is 2750. The van der Waals surface area contributed by atoms with Crippen molar-refractivity contribution in [3.8, 4) is 5.75 Å². The van der Waals surface area contributed by atoms with Crippen LogP contribution in [0.2, 0.25) is 0 Å². The maximum absolute atomic E-state index is 14.1. The Labute approximate surface area is 536 Å². The summed E-state index contributed by atoms with van der Waals surface area (Å²) in [6, 6.07) is 6.94. The van der Waals surface area contributed by atoms with Crippen LogP contribution < -0.4 is 42.4 Å². The quantitative estimate of drug-likeness (QED) is 0.0238. The predicted octanol–water partition coefficient (Wildman–Crippen LogP) is 6.35. The van der Waals surface area contributed by atoms with Crippen molar-refractivity contribution in [3.63, 3.8) is 0 Å². The van der Waals surface area contributed by atoms with Gasteiger partial charge in [0.1, 0.15) is 69.6 Å². The average Bonchev–Trinajstić information content (AvgIpc) is 1.58. The van der Waals surface area contributed by atoms with E-state index in [-0.39, 0.29) is 70.1 Å². The normalized spacial score (nSPS) is 14.0. The van der Waals surface area contributed by atoms with Crippen LogP contribution >= 0.6 is 0 Å². The highest BCUT2D eigenvalue weighted by Gasteiger charge is 2.35. The molecule has 25 heteroatoms.